The van der Waals surface area contributed by atoms with Crippen LogP contribution in [0.4, 0.5) is 4.79 Å². The summed E-state index contributed by atoms with van der Waals surface area (Å²) < 4.78 is 5.29. The first-order valence-corrected chi connectivity index (χ1v) is 10.0. The molecule has 30 heavy (non-hydrogen) atoms. The number of carbonyl (C=O) groups excluding carboxylic acids is 2. The van der Waals surface area contributed by atoms with Crippen molar-refractivity contribution in [3.63, 3.8) is 0 Å². The molecule has 1 rings (SSSR count). The third-order valence-electron chi connectivity index (χ3n) is 3.67. The zero-order chi connectivity index (χ0) is 22.8. The first kappa shape index (κ1) is 25.1. The molecule has 0 aliphatic heterocycles. The Kier molecular flexibility index (Phi) is 9.42. The van der Waals surface area contributed by atoms with Crippen LogP contribution < -0.4 is 21.3 Å². The van der Waals surface area contributed by atoms with Crippen molar-refractivity contribution in [1.29, 1.82) is 0 Å². The van der Waals surface area contributed by atoms with Crippen molar-refractivity contribution in [2.75, 3.05) is 26.2 Å². The molecule has 0 heterocycles. The monoisotopic (exact) mass is 421 g/mol. The van der Waals surface area contributed by atoms with Crippen molar-refractivity contribution in [3.05, 3.63) is 29.8 Å². The molecule has 0 aliphatic carbocycles. The molecule has 9 nitrogen and oxygen atoms in total. The average Bonchev–Trinajstić information content (AvgIpc) is 2.61. The summed E-state index contributed by atoms with van der Waals surface area (Å²) in [7, 11) is 0. The van der Waals surface area contributed by atoms with Gasteiger partial charge in [0.15, 0.2) is 5.96 Å². The van der Waals surface area contributed by atoms with Gasteiger partial charge in [0, 0.05) is 19.6 Å². The number of nitrogens with zero attached hydrogens (tertiary/aromatic N) is 1. The number of rotatable bonds is 8. The molecule has 0 atom stereocenters. The highest BCUT2D eigenvalue weighted by Crippen LogP contribution is 2.14. The molecule has 168 valence electrons. The number of phenolic OH excluding ortho intramolecular Hbond substituents is 1. The SMILES string of the molecule is CCNC(=NCC(C)(C)NC(=O)OC(C)(C)C)NCCNC(=O)c1ccccc1O. The van der Waals surface area contributed by atoms with Crippen LogP contribution in [-0.2, 0) is 4.74 Å². The number of para-hydroxylation sites is 1. The highest BCUT2D eigenvalue weighted by molar-refractivity contribution is 5.96. The number of aromatic hydroxyl groups is 1. The Morgan fingerprint density at radius 1 is 1.03 bits per heavy atom. The standard InChI is InChI=1S/C21H35N5O4/c1-7-22-18(25-14-21(5,6)26-19(29)30-20(2,3)4)24-13-12-23-17(28)15-10-8-9-11-16(15)27/h8-11,27H,7,12-14H2,1-6H3,(H,23,28)(H,26,29)(H2,22,24,25). The smallest absolute Gasteiger partial charge is 0.408 e. The average molecular weight is 422 g/mol. The number of ether oxygens (including phenoxy) is 1. The maximum Gasteiger partial charge on any atom is 0.408 e. The predicted octanol–water partition coefficient (Wildman–Crippen LogP) is 1.98. The van der Waals surface area contributed by atoms with Gasteiger partial charge < -0.3 is 31.1 Å². The van der Waals surface area contributed by atoms with E-state index in [-0.39, 0.29) is 17.2 Å². The van der Waals surface area contributed by atoms with Crippen LogP contribution >= 0.6 is 0 Å². The highest BCUT2D eigenvalue weighted by atomic mass is 16.6. The number of nitrogens with one attached hydrogen (secondary N) is 4. The molecule has 0 bridgehead atoms. The van der Waals surface area contributed by atoms with Gasteiger partial charge in [-0.15, -0.1) is 0 Å². The van der Waals surface area contributed by atoms with Crippen molar-refractivity contribution in [2.24, 2.45) is 4.99 Å². The van der Waals surface area contributed by atoms with E-state index < -0.39 is 17.2 Å². The van der Waals surface area contributed by atoms with Gasteiger partial charge >= 0.3 is 6.09 Å². The van der Waals surface area contributed by atoms with Crippen LogP contribution in [0.5, 0.6) is 5.75 Å². The Hall–Kier alpha value is -2.97. The summed E-state index contributed by atoms with van der Waals surface area (Å²) in [5.74, 6) is 0.158. The lowest BCUT2D eigenvalue weighted by Crippen LogP contribution is -2.49. The molecule has 1 aromatic rings. The molecule has 2 amide bonds. The topological polar surface area (TPSA) is 124 Å². The minimum atomic E-state index is -0.607. The van der Waals surface area contributed by atoms with Crippen molar-refractivity contribution in [1.82, 2.24) is 21.3 Å². The summed E-state index contributed by atoms with van der Waals surface area (Å²) in [4.78, 5) is 28.6. The summed E-state index contributed by atoms with van der Waals surface area (Å²) in [5, 5.41) is 21.5. The molecule has 0 radical (unpaired) electrons. The molecule has 0 aliphatic rings. The van der Waals surface area contributed by atoms with Gasteiger partial charge in [0.2, 0.25) is 0 Å². The number of alkyl carbamates (subject to hydrolysis) is 1. The Bertz CT molecular complexity index is 741. The number of benzene rings is 1. The molecule has 0 unspecified atom stereocenters. The Balaban J connectivity index is 2.52. The summed E-state index contributed by atoms with van der Waals surface area (Å²) in [6.07, 6.45) is -0.493. The van der Waals surface area contributed by atoms with Crippen LogP contribution in [0, 0.1) is 0 Å². The lowest BCUT2D eigenvalue weighted by atomic mass is 10.1. The quantitative estimate of drug-likeness (QED) is 0.248. The van der Waals surface area contributed by atoms with Crippen molar-refractivity contribution >= 4 is 18.0 Å². The normalized spacial score (nSPS) is 12.1. The Morgan fingerprint density at radius 3 is 2.27 bits per heavy atom. The van der Waals surface area contributed by atoms with Crippen molar-refractivity contribution < 1.29 is 19.4 Å². The largest absolute Gasteiger partial charge is 0.507 e. The van der Waals surface area contributed by atoms with Gasteiger partial charge in [0.05, 0.1) is 17.6 Å². The van der Waals surface area contributed by atoms with Gasteiger partial charge in [-0.3, -0.25) is 9.79 Å². The van der Waals surface area contributed by atoms with E-state index in [1.807, 2.05) is 41.5 Å². The predicted molar refractivity (Wildman–Crippen MR) is 118 cm³/mol. The summed E-state index contributed by atoms with van der Waals surface area (Å²) in [6.45, 7) is 12.9. The second kappa shape index (κ2) is 11.3. The lowest BCUT2D eigenvalue weighted by molar-refractivity contribution is 0.0476. The molecule has 0 saturated heterocycles. The van der Waals surface area contributed by atoms with E-state index in [2.05, 4.69) is 26.3 Å². The third-order valence-corrected chi connectivity index (χ3v) is 3.67. The van der Waals surface area contributed by atoms with E-state index in [1.54, 1.807) is 18.2 Å². The van der Waals surface area contributed by atoms with E-state index in [1.165, 1.54) is 6.07 Å². The van der Waals surface area contributed by atoms with Crippen LogP contribution in [0.2, 0.25) is 0 Å². The zero-order valence-corrected chi connectivity index (χ0v) is 18.8. The summed E-state index contributed by atoms with van der Waals surface area (Å²) >= 11 is 0. The van der Waals surface area contributed by atoms with Crippen molar-refractivity contribution in [3.8, 4) is 5.75 Å². The van der Waals surface area contributed by atoms with Gasteiger partial charge in [-0.1, -0.05) is 12.1 Å². The van der Waals surface area contributed by atoms with E-state index >= 15 is 0 Å². The van der Waals surface area contributed by atoms with Gasteiger partial charge in [-0.25, -0.2) is 4.79 Å². The van der Waals surface area contributed by atoms with E-state index in [4.69, 9.17) is 4.74 Å². The first-order chi connectivity index (χ1) is 13.9. The maximum atomic E-state index is 12.1. The summed E-state index contributed by atoms with van der Waals surface area (Å²) in [6, 6.07) is 6.38. The molecular formula is C21H35N5O4. The fraction of sp³-hybridized carbons (Fsp3) is 0.571. The van der Waals surface area contributed by atoms with Crippen LogP contribution in [0.1, 0.15) is 51.9 Å². The van der Waals surface area contributed by atoms with Gasteiger partial charge in [-0.05, 0) is 53.7 Å². The first-order valence-electron chi connectivity index (χ1n) is 10.0. The van der Waals surface area contributed by atoms with Gasteiger partial charge in [0.25, 0.3) is 5.91 Å². The van der Waals surface area contributed by atoms with Crippen LogP contribution in [0.25, 0.3) is 0 Å². The van der Waals surface area contributed by atoms with Crippen molar-refractivity contribution in [2.45, 2.75) is 52.7 Å². The fourth-order valence-electron chi connectivity index (χ4n) is 2.36. The second-order valence-corrected chi connectivity index (χ2v) is 8.41. The van der Waals surface area contributed by atoms with Crippen LogP contribution in [0.15, 0.2) is 29.3 Å². The number of guanidine groups is 1. The number of hydrogen-bond donors (Lipinski definition) is 5. The molecule has 0 fully saturated rings. The van der Waals surface area contributed by atoms with E-state index in [0.717, 1.165) is 0 Å². The highest BCUT2D eigenvalue weighted by Gasteiger charge is 2.24. The van der Waals surface area contributed by atoms with Gasteiger partial charge in [-0.2, -0.15) is 0 Å². The van der Waals surface area contributed by atoms with Crippen LogP contribution in [0.3, 0.4) is 0 Å². The molecule has 0 aromatic heterocycles. The minimum Gasteiger partial charge on any atom is -0.507 e. The number of hydrogen-bond acceptors (Lipinski definition) is 5. The fourth-order valence-corrected chi connectivity index (χ4v) is 2.36. The Morgan fingerprint density at radius 2 is 1.67 bits per heavy atom. The molecule has 1 aromatic carbocycles. The van der Waals surface area contributed by atoms with E-state index in [0.29, 0.717) is 32.1 Å². The second-order valence-electron chi connectivity index (χ2n) is 8.41. The zero-order valence-electron chi connectivity index (χ0n) is 18.8. The third kappa shape index (κ3) is 9.99. The Labute approximate surface area is 178 Å². The van der Waals surface area contributed by atoms with Crippen LogP contribution in [-0.4, -0.2) is 60.4 Å². The number of amides is 2. The lowest BCUT2D eigenvalue weighted by Gasteiger charge is -2.27. The number of phenols is 1. The molecule has 5 N–H and O–H groups in total. The maximum absolute atomic E-state index is 12.1. The minimum absolute atomic E-state index is 0.0578. The molecule has 0 spiro atoms. The number of aliphatic imine (C=N–C) groups is 1. The molecule has 0 saturated carbocycles. The van der Waals surface area contributed by atoms with Gasteiger partial charge in [0.1, 0.15) is 11.4 Å². The number of carbonyl (C=O) groups is 2. The van der Waals surface area contributed by atoms with E-state index in [9.17, 15) is 14.7 Å². The summed E-state index contributed by atoms with van der Waals surface area (Å²) in [5.41, 5.74) is -0.946. The molecular weight excluding hydrogens is 386 g/mol. The molecule has 9 heteroatoms.